The van der Waals surface area contributed by atoms with Gasteiger partial charge in [0.25, 0.3) is 5.91 Å². The maximum Gasteiger partial charge on any atom is 0.273 e. The van der Waals surface area contributed by atoms with Gasteiger partial charge in [-0.25, -0.2) is 4.98 Å². The van der Waals surface area contributed by atoms with Gasteiger partial charge in [-0.3, -0.25) is 4.79 Å². The van der Waals surface area contributed by atoms with Crippen molar-refractivity contribution in [3.8, 4) is 5.75 Å². The molecule has 2 aromatic rings. The van der Waals surface area contributed by atoms with E-state index in [1.807, 2.05) is 26.0 Å². The molecule has 2 N–H and O–H groups in total. The molecule has 1 aromatic heterocycles. The van der Waals surface area contributed by atoms with Crippen molar-refractivity contribution in [2.24, 2.45) is 0 Å². The molecule has 94 valence electrons. The zero-order valence-electron chi connectivity index (χ0n) is 10.3. The van der Waals surface area contributed by atoms with Crippen LogP contribution in [-0.4, -0.2) is 22.0 Å². The van der Waals surface area contributed by atoms with Gasteiger partial charge in [0.1, 0.15) is 11.4 Å². The molecule has 0 bridgehead atoms. The van der Waals surface area contributed by atoms with Crippen molar-refractivity contribution in [2.75, 3.05) is 5.32 Å². The van der Waals surface area contributed by atoms with Crippen molar-refractivity contribution in [3.05, 3.63) is 42.5 Å². The standard InChI is InChI=1S/C13H15N3O2/c1-9(2)18-11-5-3-10(4-6-11)16-13(17)12-7-14-8-15-12/h3-9H,1-2H3,(H,14,15)(H,16,17). The quantitative estimate of drug-likeness (QED) is 0.869. The molecule has 1 aromatic carbocycles. The summed E-state index contributed by atoms with van der Waals surface area (Å²) in [5.74, 6) is 0.564. The van der Waals surface area contributed by atoms with Crippen LogP contribution in [0.4, 0.5) is 5.69 Å². The Balaban J connectivity index is 2.00. The molecule has 0 radical (unpaired) electrons. The number of carbonyl (C=O) groups excluding carboxylic acids is 1. The average molecular weight is 245 g/mol. The first-order chi connectivity index (χ1) is 8.65. The first kappa shape index (κ1) is 12.2. The molecule has 5 nitrogen and oxygen atoms in total. The van der Waals surface area contributed by atoms with E-state index in [2.05, 4.69) is 15.3 Å². The third-order valence-electron chi connectivity index (χ3n) is 2.23. The number of benzene rings is 1. The van der Waals surface area contributed by atoms with Gasteiger partial charge in [0.05, 0.1) is 18.6 Å². The second-order valence-corrected chi connectivity index (χ2v) is 4.11. The number of imidazole rings is 1. The number of amides is 1. The number of aromatic amines is 1. The van der Waals surface area contributed by atoms with Gasteiger partial charge in [-0.05, 0) is 38.1 Å². The van der Waals surface area contributed by atoms with Crippen molar-refractivity contribution < 1.29 is 9.53 Å². The number of rotatable bonds is 4. The Labute approximate surface area is 105 Å². The van der Waals surface area contributed by atoms with E-state index in [9.17, 15) is 4.79 Å². The van der Waals surface area contributed by atoms with Crippen LogP contribution in [0.15, 0.2) is 36.8 Å². The molecule has 0 unspecified atom stereocenters. The van der Waals surface area contributed by atoms with Crippen LogP contribution >= 0.6 is 0 Å². The Morgan fingerprint density at radius 2 is 2.06 bits per heavy atom. The van der Waals surface area contributed by atoms with E-state index in [4.69, 9.17) is 4.74 Å². The summed E-state index contributed by atoms with van der Waals surface area (Å²) in [5, 5.41) is 2.76. The minimum atomic E-state index is -0.218. The Morgan fingerprint density at radius 1 is 1.33 bits per heavy atom. The highest BCUT2D eigenvalue weighted by Gasteiger charge is 2.07. The highest BCUT2D eigenvalue weighted by Crippen LogP contribution is 2.17. The number of carbonyl (C=O) groups is 1. The normalized spacial score (nSPS) is 10.4. The van der Waals surface area contributed by atoms with Crippen molar-refractivity contribution >= 4 is 11.6 Å². The largest absolute Gasteiger partial charge is 0.491 e. The van der Waals surface area contributed by atoms with E-state index in [0.29, 0.717) is 11.4 Å². The van der Waals surface area contributed by atoms with E-state index in [0.717, 1.165) is 5.75 Å². The summed E-state index contributed by atoms with van der Waals surface area (Å²) in [6.07, 6.45) is 3.08. The summed E-state index contributed by atoms with van der Waals surface area (Å²) in [4.78, 5) is 18.3. The highest BCUT2D eigenvalue weighted by molar-refractivity contribution is 6.02. The van der Waals surface area contributed by atoms with E-state index >= 15 is 0 Å². The Bertz CT molecular complexity index is 504. The summed E-state index contributed by atoms with van der Waals surface area (Å²) < 4.78 is 5.52. The third kappa shape index (κ3) is 3.10. The monoisotopic (exact) mass is 245 g/mol. The molecule has 1 heterocycles. The second-order valence-electron chi connectivity index (χ2n) is 4.11. The third-order valence-corrected chi connectivity index (χ3v) is 2.23. The molecular weight excluding hydrogens is 230 g/mol. The average Bonchev–Trinajstić information content (AvgIpc) is 2.84. The number of aromatic nitrogens is 2. The lowest BCUT2D eigenvalue weighted by Crippen LogP contribution is -2.12. The van der Waals surface area contributed by atoms with E-state index in [1.165, 1.54) is 12.5 Å². The van der Waals surface area contributed by atoms with E-state index < -0.39 is 0 Å². The Kier molecular flexibility index (Phi) is 3.62. The van der Waals surface area contributed by atoms with Crippen molar-refractivity contribution in [1.29, 1.82) is 0 Å². The van der Waals surface area contributed by atoms with Gasteiger partial charge in [0.15, 0.2) is 0 Å². The van der Waals surface area contributed by atoms with Crippen LogP contribution in [0.3, 0.4) is 0 Å². The first-order valence-corrected chi connectivity index (χ1v) is 5.71. The van der Waals surface area contributed by atoms with Gasteiger partial charge >= 0.3 is 0 Å². The van der Waals surface area contributed by atoms with Gasteiger partial charge in [0.2, 0.25) is 0 Å². The van der Waals surface area contributed by atoms with Gasteiger partial charge in [0, 0.05) is 5.69 Å². The van der Waals surface area contributed by atoms with Crippen LogP contribution in [0.2, 0.25) is 0 Å². The molecule has 0 aliphatic carbocycles. The molecule has 18 heavy (non-hydrogen) atoms. The fourth-order valence-electron chi connectivity index (χ4n) is 1.47. The summed E-state index contributed by atoms with van der Waals surface area (Å²) in [5.41, 5.74) is 1.14. The fraction of sp³-hybridized carbons (Fsp3) is 0.231. The van der Waals surface area contributed by atoms with Crippen molar-refractivity contribution in [2.45, 2.75) is 20.0 Å². The Hall–Kier alpha value is -2.30. The minimum Gasteiger partial charge on any atom is -0.491 e. The Morgan fingerprint density at radius 3 is 2.61 bits per heavy atom. The van der Waals surface area contributed by atoms with Gasteiger partial charge in [-0.2, -0.15) is 0 Å². The minimum absolute atomic E-state index is 0.135. The van der Waals surface area contributed by atoms with Gasteiger partial charge in [-0.15, -0.1) is 0 Å². The molecule has 0 aliphatic heterocycles. The van der Waals surface area contributed by atoms with Crippen LogP contribution in [0.25, 0.3) is 0 Å². The number of hydrogen-bond acceptors (Lipinski definition) is 3. The van der Waals surface area contributed by atoms with Crippen LogP contribution in [0, 0.1) is 0 Å². The number of nitrogens with one attached hydrogen (secondary N) is 2. The predicted molar refractivity (Wildman–Crippen MR) is 68.7 cm³/mol. The molecule has 0 atom stereocenters. The summed E-state index contributed by atoms with van der Waals surface area (Å²) >= 11 is 0. The lowest BCUT2D eigenvalue weighted by Gasteiger charge is -2.10. The lowest BCUT2D eigenvalue weighted by atomic mass is 10.3. The summed E-state index contributed by atoms with van der Waals surface area (Å²) in [6, 6.07) is 7.24. The zero-order chi connectivity index (χ0) is 13.0. The number of ether oxygens (including phenoxy) is 1. The van der Waals surface area contributed by atoms with Crippen LogP contribution in [0.1, 0.15) is 24.3 Å². The van der Waals surface area contributed by atoms with Crippen molar-refractivity contribution in [3.63, 3.8) is 0 Å². The molecule has 5 heteroatoms. The van der Waals surface area contributed by atoms with Crippen LogP contribution in [-0.2, 0) is 0 Å². The number of anilines is 1. The summed E-state index contributed by atoms with van der Waals surface area (Å²) in [7, 11) is 0. The number of nitrogens with zero attached hydrogens (tertiary/aromatic N) is 1. The second kappa shape index (κ2) is 5.35. The fourth-order valence-corrected chi connectivity index (χ4v) is 1.47. The SMILES string of the molecule is CC(C)Oc1ccc(NC(=O)c2cnc[nH]2)cc1. The topological polar surface area (TPSA) is 67.0 Å². The molecule has 2 rings (SSSR count). The summed E-state index contributed by atoms with van der Waals surface area (Å²) in [6.45, 7) is 3.93. The molecular formula is C13H15N3O2. The number of H-pyrrole nitrogens is 1. The zero-order valence-corrected chi connectivity index (χ0v) is 10.3. The number of hydrogen-bond donors (Lipinski definition) is 2. The molecule has 0 saturated carbocycles. The van der Waals surface area contributed by atoms with Gasteiger partial charge in [-0.1, -0.05) is 0 Å². The maximum atomic E-state index is 11.7. The van der Waals surface area contributed by atoms with Gasteiger partial charge < -0.3 is 15.0 Å². The van der Waals surface area contributed by atoms with Crippen molar-refractivity contribution in [1.82, 2.24) is 9.97 Å². The maximum absolute atomic E-state index is 11.7. The van der Waals surface area contributed by atoms with E-state index in [-0.39, 0.29) is 12.0 Å². The highest BCUT2D eigenvalue weighted by atomic mass is 16.5. The molecule has 0 spiro atoms. The smallest absolute Gasteiger partial charge is 0.273 e. The molecule has 0 fully saturated rings. The van der Waals surface area contributed by atoms with E-state index in [1.54, 1.807) is 12.1 Å². The first-order valence-electron chi connectivity index (χ1n) is 5.71. The van der Waals surface area contributed by atoms with Crippen LogP contribution < -0.4 is 10.1 Å². The molecule has 1 amide bonds. The lowest BCUT2D eigenvalue weighted by molar-refractivity contribution is 0.102. The molecule has 0 saturated heterocycles. The molecule has 0 aliphatic rings. The predicted octanol–water partition coefficient (Wildman–Crippen LogP) is 2.45. The van der Waals surface area contributed by atoms with Crippen LogP contribution in [0.5, 0.6) is 5.75 Å².